The van der Waals surface area contributed by atoms with Gasteiger partial charge >= 0.3 is 0 Å². The van der Waals surface area contributed by atoms with Gasteiger partial charge in [-0.15, -0.1) is 0 Å². The van der Waals surface area contributed by atoms with Crippen LogP contribution in [-0.4, -0.2) is 39.1 Å². The number of imide groups is 1. The van der Waals surface area contributed by atoms with Gasteiger partial charge < -0.3 is 4.90 Å². The molecule has 184 valence electrons. The summed E-state index contributed by atoms with van der Waals surface area (Å²) in [6, 6.07) is 14.8. The molecule has 2 aliphatic heterocycles. The molecule has 3 heterocycles. The second-order valence-corrected chi connectivity index (χ2v) is 9.39. The molecule has 6 nitrogen and oxygen atoms in total. The predicted molar refractivity (Wildman–Crippen MR) is 127 cm³/mol. The highest BCUT2D eigenvalue weighted by Gasteiger charge is 2.54. The normalized spacial score (nSPS) is 21.9. The largest absolute Gasteiger partial charge is 0.336 e. The lowest BCUT2D eigenvalue weighted by atomic mass is 9.75. The first kappa shape index (κ1) is 23.8. The Balaban J connectivity index is 1.47. The zero-order chi connectivity index (χ0) is 25.3. The van der Waals surface area contributed by atoms with Gasteiger partial charge in [0.15, 0.2) is 0 Å². The van der Waals surface area contributed by atoms with Crippen LogP contribution in [0.4, 0.5) is 8.78 Å². The Labute approximate surface area is 207 Å². The number of aromatic nitrogens is 1. The van der Waals surface area contributed by atoms with Crippen molar-refractivity contribution in [1.29, 1.82) is 0 Å². The molecule has 2 atom stereocenters. The Hall–Kier alpha value is -3.94. The summed E-state index contributed by atoms with van der Waals surface area (Å²) in [6.45, 7) is 0.514. The molecule has 0 saturated carbocycles. The molecule has 0 aliphatic carbocycles. The van der Waals surface area contributed by atoms with Gasteiger partial charge in [-0.1, -0.05) is 30.3 Å². The van der Waals surface area contributed by atoms with Crippen molar-refractivity contribution in [3.8, 4) is 0 Å². The van der Waals surface area contributed by atoms with Crippen LogP contribution in [0.2, 0.25) is 0 Å². The van der Waals surface area contributed by atoms with E-state index >= 15 is 0 Å². The quantitative estimate of drug-likeness (QED) is 0.484. The summed E-state index contributed by atoms with van der Waals surface area (Å²) in [7, 11) is 0. The lowest BCUT2D eigenvalue weighted by molar-refractivity contribution is -0.143. The fraction of sp³-hybridized carbons (Fsp3) is 0.286. The van der Waals surface area contributed by atoms with E-state index in [1.54, 1.807) is 47.6 Å². The van der Waals surface area contributed by atoms with Crippen molar-refractivity contribution in [2.24, 2.45) is 0 Å². The lowest BCUT2D eigenvalue weighted by Gasteiger charge is -2.31. The third-order valence-electron chi connectivity index (χ3n) is 7.13. The van der Waals surface area contributed by atoms with Crippen molar-refractivity contribution in [1.82, 2.24) is 14.8 Å². The molecular formula is C28H25F2N3O3. The molecule has 2 fully saturated rings. The number of carbonyl (C=O) groups is 3. The molecular weight excluding hydrogens is 464 g/mol. The van der Waals surface area contributed by atoms with Gasteiger partial charge in [0.05, 0.1) is 18.0 Å². The van der Waals surface area contributed by atoms with Crippen molar-refractivity contribution in [3.05, 3.63) is 101 Å². The standard InChI is InChI=1S/C28H25F2N3O3/c29-22-10-8-20(9-11-22)24-7-3-13-32(24)25(34)15-28(21-5-1-6-23(30)14-21)16-26(35)33(27(28)36)18-19-4-2-12-31-17-19/h1-2,4-6,8-12,14,17,24H,3,7,13,15-16,18H2/t24-,28-/m0/s1. The molecule has 0 radical (unpaired) electrons. The Morgan fingerprint density at radius 3 is 2.56 bits per heavy atom. The monoisotopic (exact) mass is 489 g/mol. The van der Waals surface area contributed by atoms with Crippen LogP contribution in [0.25, 0.3) is 0 Å². The predicted octanol–water partition coefficient (Wildman–Crippen LogP) is 4.31. The molecule has 0 N–H and O–H groups in total. The number of carbonyl (C=O) groups excluding carboxylic acids is 3. The van der Waals surface area contributed by atoms with Gasteiger partial charge in [-0.05, 0) is 59.9 Å². The second-order valence-electron chi connectivity index (χ2n) is 9.39. The number of hydrogen-bond acceptors (Lipinski definition) is 4. The molecule has 2 aliphatic rings. The highest BCUT2D eigenvalue weighted by Crippen LogP contribution is 2.43. The second kappa shape index (κ2) is 9.60. The average molecular weight is 490 g/mol. The van der Waals surface area contributed by atoms with Gasteiger partial charge in [-0.3, -0.25) is 24.3 Å². The Bertz CT molecular complexity index is 1300. The molecule has 0 spiro atoms. The first-order valence-electron chi connectivity index (χ1n) is 11.9. The molecule has 8 heteroatoms. The Morgan fingerprint density at radius 1 is 1.03 bits per heavy atom. The summed E-state index contributed by atoms with van der Waals surface area (Å²) in [5, 5.41) is 0. The maximum atomic E-state index is 14.3. The Morgan fingerprint density at radius 2 is 1.83 bits per heavy atom. The summed E-state index contributed by atoms with van der Waals surface area (Å²) in [5.74, 6) is -2.14. The number of amides is 3. The van der Waals surface area contributed by atoms with Crippen LogP contribution in [-0.2, 0) is 26.3 Å². The number of hydrogen-bond donors (Lipinski definition) is 0. The number of rotatable bonds is 6. The van der Waals surface area contributed by atoms with Crippen molar-refractivity contribution in [2.45, 2.75) is 43.7 Å². The summed E-state index contributed by atoms with van der Waals surface area (Å²) < 4.78 is 27.7. The molecule has 0 unspecified atom stereocenters. The molecule has 0 bridgehead atoms. The zero-order valence-electron chi connectivity index (χ0n) is 19.6. The van der Waals surface area contributed by atoms with E-state index < -0.39 is 23.0 Å². The topological polar surface area (TPSA) is 70.6 Å². The van der Waals surface area contributed by atoms with E-state index in [4.69, 9.17) is 0 Å². The average Bonchev–Trinajstić information content (AvgIpc) is 3.45. The van der Waals surface area contributed by atoms with Crippen LogP contribution in [0.1, 0.15) is 48.4 Å². The van der Waals surface area contributed by atoms with Crippen LogP contribution in [0.15, 0.2) is 73.1 Å². The minimum absolute atomic E-state index is 0.0265. The number of pyridine rings is 1. The third kappa shape index (κ3) is 4.39. The Kier molecular flexibility index (Phi) is 6.35. The van der Waals surface area contributed by atoms with Gasteiger partial charge in [0.25, 0.3) is 0 Å². The van der Waals surface area contributed by atoms with Gasteiger partial charge in [0.1, 0.15) is 11.6 Å². The molecule has 3 aromatic rings. The number of halogens is 2. The minimum atomic E-state index is -1.51. The number of nitrogens with zero attached hydrogens (tertiary/aromatic N) is 3. The maximum absolute atomic E-state index is 14.3. The highest BCUT2D eigenvalue weighted by atomic mass is 19.1. The van der Waals surface area contributed by atoms with E-state index in [0.29, 0.717) is 24.1 Å². The lowest BCUT2D eigenvalue weighted by Crippen LogP contribution is -2.43. The van der Waals surface area contributed by atoms with E-state index in [1.807, 2.05) is 0 Å². The smallest absolute Gasteiger partial charge is 0.241 e. The minimum Gasteiger partial charge on any atom is -0.336 e. The van der Waals surface area contributed by atoms with Gasteiger partial charge in [0.2, 0.25) is 17.7 Å². The van der Waals surface area contributed by atoms with E-state index in [0.717, 1.165) is 16.9 Å². The summed E-state index contributed by atoms with van der Waals surface area (Å²) >= 11 is 0. The SMILES string of the molecule is O=C1C[C@@](CC(=O)N2CCC[C@H]2c2ccc(F)cc2)(c2cccc(F)c2)C(=O)N1Cc1cccnc1. The van der Waals surface area contributed by atoms with E-state index in [-0.39, 0.29) is 37.2 Å². The van der Waals surface area contributed by atoms with E-state index in [9.17, 15) is 23.2 Å². The summed E-state index contributed by atoms with van der Waals surface area (Å²) in [6.07, 6.45) is 4.16. The van der Waals surface area contributed by atoms with Crippen LogP contribution in [0.3, 0.4) is 0 Å². The van der Waals surface area contributed by atoms with Crippen LogP contribution in [0.5, 0.6) is 0 Å². The van der Waals surface area contributed by atoms with Crippen molar-refractivity contribution < 1.29 is 23.2 Å². The molecule has 2 saturated heterocycles. The molecule has 5 rings (SSSR count). The summed E-state index contributed by atoms with van der Waals surface area (Å²) in [4.78, 5) is 47.5. The first-order chi connectivity index (χ1) is 17.4. The number of benzene rings is 2. The van der Waals surface area contributed by atoms with E-state index in [2.05, 4.69) is 4.98 Å². The third-order valence-corrected chi connectivity index (χ3v) is 7.13. The number of likely N-dealkylation sites (tertiary alicyclic amines) is 2. The van der Waals surface area contributed by atoms with Gasteiger partial charge in [-0.25, -0.2) is 8.78 Å². The van der Waals surface area contributed by atoms with E-state index in [1.165, 1.54) is 30.3 Å². The fourth-order valence-corrected chi connectivity index (χ4v) is 5.34. The van der Waals surface area contributed by atoms with Crippen molar-refractivity contribution in [3.63, 3.8) is 0 Å². The van der Waals surface area contributed by atoms with Crippen molar-refractivity contribution in [2.75, 3.05) is 6.54 Å². The van der Waals surface area contributed by atoms with Crippen LogP contribution in [0, 0.1) is 11.6 Å². The molecule has 3 amide bonds. The molecule has 1 aromatic heterocycles. The van der Waals surface area contributed by atoms with Crippen molar-refractivity contribution >= 4 is 17.7 Å². The fourth-order valence-electron chi connectivity index (χ4n) is 5.34. The summed E-state index contributed by atoms with van der Waals surface area (Å²) in [5.41, 5.74) is 0.292. The molecule has 2 aromatic carbocycles. The molecule has 36 heavy (non-hydrogen) atoms. The zero-order valence-corrected chi connectivity index (χ0v) is 19.6. The van der Waals surface area contributed by atoms with Gasteiger partial charge in [0, 0.05) is 31.8 Å². The van der Waals surface area contributed by atoms with Crippen LogP contribution >= 0.6 is 0 Å². The first-order valence-corrected chi connectivity index (χ1v) is 11.9. The highest BCUT2D eigenvalue weighted by molar-refractivity contribution is 6.10. The van der Waals surface area contributed by atoms with Gasteiger partial charge in [-0.2, -0.15) is 0 Å². The maximum Gasteiger partial charge on any atom is 0.241 e. The van der Waals surface area contributed by atoms with Crippen LogP contribution < -0.4 is 0 Å².